The maximum atomic E-state index is 12.7. The molecule has 20 heavy (non-hydrogen) atoms. The van der Waals surface area contributed by atoms with Gasteiger partial charge in [-0.05, 0) is 32.7 Å². The van der Waals surface area contributed by atoms with Crippen LogP contribution in [0.1, 0.15) is 58.3 Å². The maximum Gasteiger partial charge on any atom is 0.326 e. The van der Waals surface area contributed by atoms with Crippen molar-refractivity contribution < 1.29 is 9.53 Å². The lowest BCUT2D eigenvalue weighted by molar-refractivity contribution is -0.160. The number of carbonyl (C=O) groups excluding carboxylic acids is 1. The van der Waals surface area contributed by atoms with E-state index in [1.165, 1.54) is 19.3 Å². The minimum absolute atomic E-state index is 0.0313. The number of ether oxygens (including phenoxy) is 1. The molecule has 0 amide bonds. The first kappa shape index (κ1) is 15.8. The SMILES string of the molecule is CCOC(=O)C1(N2CCCNCC2)CCCCCCC1. The van der Waals surface area contributed by atoms with Crippen molar-refractivity contribution in [1.82, 2.24) is 10.2 Å². The molecule has 116 valence electrons. The molecule has 2 fully saturated rings. The van der Waals surface area contributed by atoms with Crippen LogP contribution in [0.3, 0.4) is 0 Å². The average molecular weight is 282 g/mol. The number of nitrogens with one attached hydrogen (secondary N) is 1. The molecule has 4 nitrogen and oxygen atoms in total. The van der Waals surface area contributed by atoms with Crippen molar-refractivity contribution in [2.45, 2.75) is 63.8 Å². The van der Waals surface area contributed by atoms with E-state index in [4.69, 9.17) is 4.74 Å². The standard InChI is InChI=1S/C16H30N2O2/c1-2-20-15(19)16(9-6-4-3-5-7-10-16)18-13-8-11-17-12-14-18/h17H,2-14H2,1H3. The van der Waals surface area contributed by atoms with E-state index in [9.17, 15) is 4.79 Å². The highest BCUT2D eigenvalue weighted by Gasteiger charge is 2.44. The van der Waals surface area contributed by atoms with E-state index >= 15 is 0 Å². The van der Waals surface area contributed by atoms with E-state index in [0.717, 1.165) is 58.3 Å². The Bertz CT molecular complexity index is 291. The molecule has 1 saturated carbocycles. The molecule has 1 N–H and O–H groups in total. The van der Waals surface area contributed by atoms with Crippen molar-refractivity contribution in [1.29, 1.82) is 0 Å². The topological polar surface area (TPSA) is 41.6 Å². The fourth-order valence-electron chi connectivity index (χ4n) is 3.68. The van der Waals surface area contributed by atoms with Crippen LogP contribution in [0, 0.1) is 0 Å². The van der Waals surface area contributed by atoms with Gasteiger partial charge < -0.3 is 10.1 Å². The Balaban J connectivity index is 2.17. The molecule has 1 aliphatic carbocycles. The third-order valence-electron chi connectivity index (χ3n) is 4.78. The zero-order chi connectivity index (χ0) is 14.3. The highest BCUT2D eigenvalue weighted by molar-refractivity contribution is 5.81. The van der Waals surface area contributed by atoms with Gasteiger partial charge in [-0.1, -0.05) is 32.1 Å². The van der Waals surface area contributed by atoms with Crippen molar-refractivity contribution in [3.63, 3.8) is 0 Å². The molecule has 0 unspecified atom stereocenters. The average Bonchev–Trinajstić information content (AvgIpc) is 2.68. The van der Waals surface area contributed by atoms with Crippen LogP contribution in [-0.2, 0) is 9.53 Å². The smallest absolute Gasteiger partial charge is 0.326 e. The van der Waals surface area contributed by atoms with Crippen molar-refractivity contribution in [2.24, 2.45) is 0 Å². The van der Waals surface area contributed by atoms with Gasteiger partial charge >= 0.3 is 5.97 Å². The second kappa shape index (κ2) is 7.99. The van der Waals surface area contributed by atoms with E-state index in [2.05, 4.69) is 10.2 Å². The summed E-state index contributed by atoms with van der Waals surface area (Å²) in [7, 11) is 0. The van der Waals surface area contributed by atoms with Gasteiger partial charge in [0.2, 0.25) is 0 Å². The van der Waals surface area contributed by atoms with Gasteiger partial charge in [0.15, 0.2) is 0 Å². The predicted molar refractivity (Wildman–Crippen MR) is 80.7 cm³/mol. The summed E-state index contributed by atoms with van der Waals surface area (Å²) in [6.07, 6.45) is 9.23. The number of nitrogens with zero attached hydrogens (tertiary/aromatic N) is 1. The molecule has 4 heteroatoms. The summed E-state index contributed by atoms with van der Waals surface area (Å²) >= 11 is 0. The molecule has 1 aliphatic heterocycles. The number of hydrogen-bond donors (Lipinski definition) is 1. The molecule has 0 bridgehead atoms. The first-order valence-electron chi connectivity index (χ1n) is 8.42. The Morgan fingerprint density at radius 2 is 1.75 bits per heavy atom. The fraction of sp³-hybridized carbons (Fsp3) is 0.938. The quantitative estimate of drug-likeness (QED) is 0.807. The first-order chi connectivity index (χ1) is 9.79. The summed E-state index contributed by atoms with van der Waals surface area (Å²) in [4.78, 5) is 15.1. The van der Waals surface area contributed by atoms with Crippen LogP contribution < -0.4 is 5.32 Å². The van der Waals surface area contributed by atoms with E-state index in [0.29, 0.717) is 6.61 Å². The summed E-state index contributed by atoms with van der Waals surface area (Å²) in [6.45, 7) is 6.45. The number of hydrogen-bond acceptors (Lipinski definition) is 4. The minimum atomic E-state index is -0.345. The van der Waals surface area contributed by atoms with Gasteiger partial charge in [-0.3, -0.25) is 9.69 Å². The molecule has 0 aromatic rings. The van der Waals surface area contributed by atoms with Crippen molar-refractivity contribution in [3.05, 3.63) is 0 Å². The molecule has 0 atom stereocenters. The second-order valence-electron chi connectivity index (χ2n) is 6.11. The van der Waals surface area contributed by atoms with Gasteiger partial charge in [0.05, 0.1) is 6.61 Å². The molecule has 0 aromatic carbocycles. The monoisotopic (exact) mass is 282 g/mol. The molecule has 1 saturated heterocycles. The van der Waals surface area contributed by atoms with Crippen LogP contribution >= 0.6 is 0 Å². The molecule has 2 rings (SSSR count). The molecule has 1 heterocycles. The lowest BCUT2D eigenvalue weighted by Gasteiger charge is -2.42. The zero-order valence-electron chi connectivity index (χ0n) is 13.0. The lowest BCUT2D eigenvalue weighted by atomic mass is 9.82. The Labute approximate surface area is 123 Å². The van der Waals surface area contributed by atoms with Gasteiger partial charge in [0, 0.05) is 19.6 Å². The van der Waals surface area contributed by atoms with Gasteiger partial charge in [-0.25, -0.2) is 0 Å². The second-order valence-corrected chi connectivity index (χ2v) is 6.11. The Kier molecular flexibility index (Phi) is 6.30. The number of rotatable bonds is 3. The van der Waals surface area contributed by atoms with Crippen molar-refractivity contribution in [3.8, 4) is 0 Å². The highest BCUT2D eigenvalue weighted by atomic mass is 16.5. The van der Waals surface area contributed by atoms with Crippen molar-refractivity contribution in [2.75, 3.05) is 32.8 Å². The Morgan fingerprint density at radius 3 is 2.45 bits per heavy atom. The molecule has 0 radical (unpaired) electrons. The van der Waals surface area contributed by atoms with Crippen LogP contribution in [0.25, 0.3) is 0 Å². The molecular weight excluding hydrogens is 252 g/mol. The lowest BCUT2D eigenvalue weighted by Crippen LogP contribution is -2.56. The Hall–Kier alpha value is -0.610. The number of carbonyl (C=O) groups is 1. The van der Waals surface area contributed by atoms with Gasteiger partial charge in [0.25, 0.3) is 0 Å². The highest BCUT2D eigenvalue weighted by Crippen LogP contribution is 2.33. The van der Waals surface area contributed by atoms with Gasteiger partial charge in [-0.2, -0.15) is 0 Å². The fourth-order valence-corrected chi connectivity index (χ4v) is 3.68. The van der Waals surface area contributed by atoms with Crippen LogP contribution in [0.15, 0.2) is 0 Å². The Morgan fingerprint density at radius 1 is 1.05 bits per heavy atom. The number of esters is 1. The third-order valence-corrected chi connectivity index (χ3v) is 4.78. The van der Waals surface area contributed by atoms with E-state index < -0.39 is 0 Å². The first-order valence-corrected chi connectivity index (χ1v) is 8.42. The third kappa shape index (κ3) is 3.73. The summed E-state index contributed by atoms with van der Waals surface area (Å²) in [5.74, 6) is 0.0313. The van der Waals surface area contributed by atoms with E-state index in [1.54, 1.807) is 0 Å². The normalized spacial score (nSPS) is 25.2. The summed E-state index contributed by atoms with van der Waals surface area (Å²) in [5, 5.41) is 3.44. The molecular formula is C16H30N2O2. The predicted octanol–water partition coefficient (Wildman–Crippen LogP) is 2.33. The van der Waals surface area contributed by atoms with Crippen LogP contribution in [0.4, 0.5) is 0 Å². The summed E-state index contributed by atoms with van der Waals surface area (Å²) in [5.41, 5.74) is -0.345. The van der Waals surface area contributed by atoms with Crippen LogP contribution in [0.2, 0.25) is 0 Å². The maximum absolute atomic E-state index is 12.7. The molecule has 0 spiro atoms. The molecule has 0 aromatic heterocycles. The largest absolute Gasteiger partial charge is 0.465 e. The van der Waals surface area contributed by atoms with Gasteiger partial charge in [-0.15, -0.1) is 0 Å². The van der Waals surface area contributed by atoms with Gasteiger partial charge in [0.1, 0.15) is 5.54 Å². The summed E-state index contributed by atoms with van der Waals surface area (Å²) in [6, 6.07) is 0. The van der Waals surface area contributed by atoms with Crippen molar-refractivity contribution >= 4 is 5.97 Å². The van der Waals surface area contributed by atoms with Crippen LogP contribution in [-0.4, -0.2) is 49.2 Å². The van der Waals surface area contributed by atoms with Crippen LogP contribution in [0.5, 0.6) is 0 Å². The van der Waals surface area contributed by atoms with E-state index in [-0.39, 0.29) is 11.5 Å². The zero-order valence-corrected chi connectivity index (χ0v) is 13.0. The van der Waals surface area contributed by atoms with E-state index in [1.807, 2.05) is 6.92 Å². The summed E-state index contributed by atoms with van der Waals surface area (Å²) < 4.78 is 5.47. The minimum Gasteiger partial charge on any atom is -0.465 e. The molecule has 2 aliphatic rings.